The number of carbonyl (C=O) groups excluding carboxylic acids is 2. The number of benzene rings is 2. The third kappa shape index (κ3) is 4.84. The first kappa shape index (κ1) is 20.9. The van der Waals surface area contributed by atoms with Gasteiger partial charge >= 0.3 is 12.1 Å². The number of rotatable bonds is 5. The van der Waals surface area contributed by atoms with Gasteiger partial charge in [-0.1, -0.05) is 12.1 Å². The van der Waals surface area contributed by atoms with Crippen molar-refractivity contribution in [2.24, 2.45) is 0 Å². The molecule has 0 atom stereocenters. The number of amides is 1. The Morgan fingerprint density at radius 2 is 1.75 bits per heavy atom. The zero-order valence-corrected chi connectivity index (χ0v) is 14.8. The van der Waals surface area contributed by atoms with Crippen molar-refractivity contribution in [3.05, 3.63) is 68.8 Å². The molecule has 0 fully saturated rings. The van der Waals surface area contributed by atoms with Crippen molar-refractivity contribution in [1.29, 1.82) is 0 Å². The largest absolute Gasteiger partial charge is 0.452 e. The number of aryl methyl sites for hydroxylation is 2. The molecule has 2 rings (SSSR count). The molecule has 2 aromatic rings. The monoisotopic (exact) mass is 396 g/mol. The van der Waals surface area contributed by atoms with Gasteiger partial charge in [-0.2, -0.15) is 13.2 Å². The van der Waals surface area contributed by atoms with E-state index in [0.717, 1.165) is 18.2 Å². The second-order valence-corrected chi connectivity index (χ2v) is 5.88. The van der Waals surface area contributed by atoms with E-state index in [4.69, 9.17) is 0 Å². The fourth-order valence-electron chi connectivity index (χ4n) is 2.36. The summed E-state index contributed by atoms with van der Waals surface area (Å²) in [6.45, 7) is 2.44. The first-order chi connectivity index (χ1) is 13.0. The highest BCUT2D eigenvalue weighted by atomic mass is 19.4. The van der Waals surface area contributed by atoms with Crippen molar-refractivity contribution in [2.45, 2.75) is 20.0 Å². The third-order valence-corrected chi connectivity index (χ3v) is 3.87. The van der Waals surface area contributed by atoms with Crippen LogP contribution >= 0.6 is 0 Å². The third-order valence-electron chi connectivity index (χ3n) is 3.87. The van der Waals surface area contributed by atoms with Crippen LogP contribution in [0.4, 0.5) is 24.5 Å². The molecular weight excluding hydrogens is 381 g/mol. The van der Waals surface area contributed by atoms with E-state index in [0.29, 0.717) is 11.1 Å². The second kappa shape index (κ2) is 8.07. The molecule has 0 aliphatic rings. The number of nitrogens with zero attached hydrogens (tertiary/aromatic N) is 1. The fourth-order valence-corrected chi connectivity index (χ4v) is 2.36. The lowest BCUT2D eigenvalue weighted by Gasteiger charge is -2.12. The maximum absolute atomic E-state index is 12.9. The van der Waals surface area contributed by atoms with E-state index in [2.05, 4.69) is 10.1 Å². The Morgan fingerprint density at radius 3 is 2.36 bits per heavy atom. The number of carbonyl (C=O) groups is 2. The number of anilines is 1. The number of halogens is 3. The molecule has 0 aromatic heterocycles. The van der Waals surface area contributed by atoms with Crippen LogP contribution in [0.5, 0.6) is 0 Å². The molecule has 148 valence electrons. The van der Waals surface area contributed by atoms with Crippen LogP contribution in [-0.4, -0.2) is 23.4 Å². The summed E-state index contributed by atoms with van der Waals surface area (Å²) in [5.41, 5.74) is -1.07. The van der Waals surface area contributed by atoms with Crippen molar-refractivity contribution in [1.82, 2.24) is 0 Å². The van der Waals surface area contributed by atoms with Crippen LogP contribution in [0.25, 0.3) is 0 Å². The van der Waals surface area contributed by atoms with E-state index in [-0.39, 0.29) is 11.4 Å². The number of nitrogens with one attached hydrogen (secondary N) is 1. The molecule has 0 bridgehead atoms. The van der Waals surface area contributed by atoms with Crippen LogP contribution in [0, 0.1) is 24.0 Å². The van der Waals surface area contributed by atoms with Gasteiger partial charge in [-0.3, -0.25) is 14.9 Å². The zero-order chi connectivity index (χ0) is 21.1. The Balaban J connectivity index is 2.11. The zero-order valence-electron chi connectivity index (χ0n) is 14.8. The molecule has 10 heteroatoms. The Morgan fingerprint density at radius 1 is 1.14 bits per heavy atom. The predicted octanol–water partition coefficient (Wildman–Crippen LogP) is 4.03. The van der Waals surface area contributed by atoms with Crippen LogP contribution in [0.1, 0.15) is 27.0 Å². The molecule has 28 heavy (non-hydrogen) atoms. The summed E-state index contributed by atoms with van der Waals surface area (Å²) in [4.78, 5) is 34.3. The van der Waals surface area contributed by atoms with Crippen LogP contribution < -0.4 is 5.32 Å². The first-order valence-corrected chi connectivity index (χ1v) is 7.89. The van der Waals surface area contributed by atoms with Gasteiger partial charge in [0.15, 0.2) is 6.61 Å². The van der Waals surface area contributed by atoms with Crippen molar-refractivity contribution >= 4 is 23.3 Å². The Bertz CT molecular complexity index is 941. The van der Waals surface area contributed by atoms with Crippen LogP contribution in [-0.2, 0) is 15.7 Å². The molecule has 0 radical (unpaired) electrons. The van der Waals surface area contributed by atoms with E-state index in [1.54, 1.807) is 13.8 Å². The lowest BCUT2D eigenvalue weighted by molar-refractivity contribution is -0.384. The smallest absolute Gasteiger partial charge is 0.417 e. The SMILES string of the molecule is Cc1cc(NC(=O)COC(=O)c2ccccc2C(F)(F)F)c([N+](=O)[O-])cc1C. The topological polar surface area (TPSA) is 98.5 Å². The van der Waals surface area contributed by atoms with Gasteiger partial charge in [0.1, 0.15) is 5.69 Å². The van der Waals surface area contributed by atoms with Crippen LogP contribution in [0.3, 0.4) is 0 Å². The molecule has 0 saturated heterocycles. The van der Waals surface area contributed by atoms with Gasteiger partial charge in [0.25, 0.3) is 11.6 Å². The minimum Gasteiger partial charge on any atom is -0.452 e. The Labute approximate surface area is 157 Å². The second-order valence-electron chi connectivity index (χ2n) is 5.88. The molecule has 0 spiro atoms. The highest BCUT2D eigenvalue weighted by molar-refractivity contribution is 5.97. The number of nitro benzene ring substituents is 1. The number of alkyl halides is 3. The van der Waals surface area contributed by atoms with Gasteiger partial charge in [0, 0.05) is 6.07 Å². The molecule has 0 heterocycles. The summed E-state index contributed by atoms with van der Waals surface area (Å²) >= 11 is 0. The maximum Gasteiger partial charge on any atom is 0.417 e. The quantitative estimate of drug-likeness (QED) is 0.467. The van der Waals surface area contributed by atoms with E-state index in [1.807, 2.05) is 0 Å². The van der Waals surface area contributed by atoms with Gasteiger partial charge in [0.05, 0.1) is 16.1 Å². The van der Waals surface area contributed by atoms with Crippen LogP contribution in [0.2, 0.25) is 0 Å². The highest BCUT2D eigenvalue weighted by Crippen LogP contribution is 2.32. The van der Waals surface area contributed by atoms with Crippen molar-refractivity contribution in [2.75, 3.05) is 11.9 Å². The van der Waals surface area contributed by atoms with E-state index in [9.17, 15) is 32.9 Å². The number of hydrogen-bond donors (Lipinski definition) is 1. The summed E-state index contributed by atoms with van der Waals surface area (Å²) < 4.78 is 43.4. The minimum absolute atomic E-state index is 0.107. The summed E-state index contributed by atoms with van der Waals surface area (Å²) in [7, 11) is 0. The van der Waals surface area contributed by atoms with E-state index >= 15 is 0 Å². The van der Waals surface area contributed by atoms with Gasteiger partial charge in [-0.05, 0) is 43.2 Å². The molecule has 7 nitrogen and oxygen atoms in total. The molecule has 0 aliphatic heterocycles. The lowest BCUT2D eigenvalue weighted by Crippen LogP contribution is -2.23. The highest BCUT2D eigenvalue weighted by Gasteiger charge is 2.35. The molecule has 0 aliphatic carbocycles. The van der Waals surface area contributed by atoms with Gasteiger partial charge in [0.2, 0.25) is 0 Å². The van der Waals surface area contributed by atoms with Gasteiger partial charge in [-0.15, -0.1) is 0 Å². The summed E-state index contributed by atoms with van der Waals surface area (Å²) in [5, 5.41) is 13.3. The van der Waals surface area contributed by atoms with Crippen molar-refractivity contribution < 1.29 is 32.4 Å². The normalized spacial score (nSPS) is 11.0. The van der Waals surface area contributed by atoms with E-state index < -0.39 is 40.7 Å². The summed E-state index contributed by atoms with van der Waals surface area (Å²) in [6.07, 6.45) is -4.77. The number of esters is 1. The molecule has 2 aromatic carbocycles. The summed E-state index contributed by atoms with van der Waals surface area (Å²) in [5.74, 6) is -2.26. The predicted molar refractivity (Wildman–Crippen MR) is 92.9 cm³/mol. The summed E-state index contributed by atoms with van der Waals surface area (Å²) in [6, 6.07) is 6.64. The Hall–Kier alpha value is -3.43. The average molecular weight is 396 g/mol. The minimum atomic E-state index is -4.77. The standard InChI is InChI=1S/C18H15F3N2O5/c1-10-7-14(15(23(26)27)8-11(10)2)22-16(24)9-28-17(25)12-5-3-4-6-13(12)18(19,20)21/h3-8H,9H2,1-2H3,(H,22,24). The van der Waals surface area contributed by atoms with Gasteiger partial charge in [-0.25, -0.2) is 4.79 Å². The number of ether oxygens (including phenoxy) is 1. The molecule has 1 N–H and O–H groups in total. The Kier molecular flexibility index (Phi) is 6.02. The first-order valence-electron chi connectivity index (χ1n) is 7.89. The average Bonchev–Trinajstić information content (AvgIpc) is 2.61. The maximum atomic E-state index is 12.9. The van der Waals surface area contributed by atoms with Crippen molar-refractivity contribution in [3.63, 3.8) is 0 Å². The van der Waals surface area contributed by atoms with Gasteiger partial charge < -0.3 is 10.1 Å². The molecule has 0 saturated carbocycles. The van der Waals surface area contributed by atoms with Crippen molar-refractivity contribution in [3.8, 4) is 0 Å². The number of hydrogen-bond acceptors (Lipinski definition) is 5. The lowest BCUT2D eigenvalue weighted by atomic mass is 10.1. The molecule has 1 amide bonds. The van der Waals surface area contributed by atoms with E-state index in [1.165, 1.54) is 18.2 Å². The molecular formula is C18H15F3N2O5. The van der Waals surface area contributed by atoms with Crippen LogP contribution in [0.15, 0.2) is 36.4 Å². The number of nitro groups is 1. The molecule has 0 unspecified atom stereocenters. The fraction of sp³-hybridized carbons (Fsp3) is 0.222.